The molecule has 118 valence electrons. The number of fused-ring (bicyclic) bond motifs is 1. The lowest BCUT2D eigenvalue weighted by atomic mass is 10.0. The maximum atomic E-state index is 10.7. The van der Waals surface area contributed by atoms with Gasteiger partial charge in [0.2, 0.25) is 0 Å². The fraction of sp³-hybridized carbons (Fsp3) is 0.421. The lowest BCUT2D eigenvalue weighted by Crippen LogP contribution is -1.98. The summed E-state index contributed by atoms with van der Waals surface area (Å²) in [6.45, 7) is 7.43. The number of benzene rings is 1. The molecule has 3 nitrogen and oxygen atoms in total. The third-order valence-corrected chi connectivity index (χ3v) is 3.87. The molecule has 1 N–H and O–H groups in total. The number of rotatable bonds is 7. The molecule has 0 atom stereocenters. The molecule has 0 saturated heterocycles. The Morgan fingerprint density at radius 3 is 2.77 bits per heavy atom. The first-order valence-electron chi connectivity index (χ1n) is 7.93. The zero-order valence-corrected chi connectivity index (χ0v) is 13.7. The highest BCUT2D eigenvalue weighted by atomic mass is 16.4. The lowest BCUT2D eigenvalue weighted by Gasteiger charge is -2.08. The third kappa shape index (κ3) is 4.48. The van der Waals surface area contributed by atoms with Crippen LogP contribution in [0.1, 0.15) is 39.2 Å². The van der Waals surface area contributed by atoms with Gasteiger partial charge in [0.25, 0.3) is 0 Å². The maximum Gasteiger partial charge on any atom is 0.328 e. The first kappa shape index (κ1) is 16.3. The number of nitrogens with zero attached hydrogens (tertiary/aromatic N) is 1. The monoisotopic (exact) mass is 299 g/mol. The van der Waals surface area contributed by atoms with Gasteiger partial charge in [-0.2, -0.15) is 0 Å². The minimum Gasteiger partial charge on any atom is -0.478 e. The molecule has 1 aromatic carbocycles. The Morgan fingerprint density at radius 2 is 2.09 bits per heavy atom. The highest BCUT2D eigenvalue weighted by Gasteiger charge is 2.04. The number of hydrogen-bond donors (Lipinski definition) is 1. The summed E-state index contributed by atoms with van der Waals surface area (Å²) in [5.74, 6) is -0.132. The molecule has 0 aliphatic rings. The van der Waals surface area contributed by atoms with E-state index in [9.17, 15) is 4.79 Å². The van der Waals surface area contributed by atoms with Crippen LogP contribution in [-0.4, -0.2) is 15.6 Å². The van der Waals surface area contributed by atoms with Crippen molar-refractivity contribution in [1.82, 2.24) is 4.57 Å². The molecule has 0 amide bonds. The first-order chi connectivity index (χ1) is 10.5. The van der Waals surface area contributed by atoms with E-state index in [4.69, 9.17) is 5.11 Å². The Kier molecular flexibility index (Phi) is 5.42. The van der Waals surface area contributed by atoms with Gasteiger partial charge < -0.3 is 9.67 Å². The van der Waals surface area contributed by atoms with Crippen molar-refractivity contribution >= 4 is 16.9 Å². The van der Waals surface area contributed by atoms with Gasteiger partial charge in [-0.25, -0.2) is 4.79 Å². The quantitative estimate of drug-likeness (QED) is 0.756. The molecule has 0 spiro atoms. The fourth-order valence-corrected chi connectivity index (χ4v) is 2.81. The second kappa shape index (κ2) is 7.30. The molecule has 0 aliphatic carbocycles. The van der Waals surface area contributed by atoms with Crippen molar-refractivity contribution in [2.75, 3.05) is 0 Å². The van der Waals surface area contributed by atoms with E-state index < -0.39 is 5.97 Å². The topological polar surface area (TPSA) is 42.2 Å². The van der Waals surface area contributed by atoms with Crippen molar-refractivity contribution in [2.45, 2.75) is 46.6 Å². The molecule has 2 rings (SSSR count). The number of aryl methyl sites for hydroxylation is 1. The Balaban J connectivity index is 2.10. The Morgan fingerprint density at radius 1 is 1.32 bits per heavy atom. The number of aliphatic carboxylic acids is 1. The molecule has 1 aromatic heterocycles. The molecule has 1 heterocycles. The Hall–Kier alpha value is -2.03. The van der Waals surface area contributed by atoms with Gasteiger partial charge in [-0.3, -0.25) is 0 Å². The smallest absolute Gasteiger partial charge is 0.328 e. The van der Waals surface area contributed by atoms with Gasteiger partial charge in [0.15, 0.2) is 0 Å². The highest BCUT2D eigenvalue weighted by Crippen LogP contribution is 2.20. The summed E-state index contributed by atoms with van der Waals surface area (Å²) < 4.78 is 2.31. The summed E-state index contributed by atoms with van der Waals surface area (Å²) in [5.41, 5.74) is 3.28. The van der Waals surface area contributed by atoms with Crippen molar-refractivity contribution in [3.63, 3.8) is 0 Å². The van der Waals surface area contributed by atoms with Crippen LogP contribution in [-0.2, 0) is 17.8 Å². The molecule has 3 heteroatoms. The minimum absolute atomic E-state index is 0.681. The number of carboxylic acids is 1. The second-order valence-electron chi connectivity index (χ2n) is 6.44. The van der Waals surface area contributed by atoms with E-state index in [-0.39, 0.29) is 0 Å². The standard InChI is InChI=1S/C19H25NO2/c1-14(2)5-4-9-20-10-8-17-13-16(6-7-18(17)20)11-15(3)12-19(21)22/h6-8,10,12-14H,4-5,9,11H2,1-3H3,(H,21,22). The van der Waals surface area contributed by atoms with Gasteiger partial charge >= 0.3 is 5.97 Å². The van der Waals surface area contributed by atoms with Crippen molar-refractivity contribution in [3.8, 4) is 0 Å². The molecule has 0 radical (unpaired) electrons. The molecule has 22 heavy (non-hydrogen) atoms. The lowest BCUT2D eigenvalue weighted by molar-refractivity contribution is -0.131. The Labute approximate surface area is 132 Å². The largest absolute Gasteiger partial charge is 0.478 e. The molecule has 0 unspecified atom stereocenters. The van der Waals surface area contributed by atoms with Crippen LogP contribution in [0.15, 0.2) is 42.1 Å². The Bertz CT molecular complexity index is 680. The van der Waals surface area contributed by atoms with Crippen LogP contribution >= 0.6 is 0 Å². The van der Waals surface area contributed by atoms with Gasteiger partial charge in [0.1, 0.15) is 0 Å². The van der Waals surface area contributed by atoms with Gasteiger partial charge in [-0.05, 0) is 61.3 Å². The van der Waals surface area contributed by atoms with E-state index in [0.29, 0.717) is 6.42 Å². The van der Waals surface area contributed by atoms with Gasteiger partial charge in [0, 0.05) is 24.3 Å². The van der Waals surface area contributed by atoms with Crippen molar-refractivity contribution in [2.24, 2.45) is 5.92 Å². The number of carboxylic acid groups (broad SMARTS) is 1. The van der Waals surface area contributed by atoms with Gasteiger partial charge in [0.05, 0.1) is 0 Å². The fourth-order valence-electron chi connectivity index (χ4n) is 2.81. The van der Waals surface area contributed by atoms with E-state index in [1.807, 2.05) is 6.92 Å². The van der Waals surface area contributed by atoms with E-state index in [1.54, 1.807) is 0 Å². The number of carbonyl (C=O) groups is 1. The van der Waals surface area contributed by atoms with Crippen LogP contribution in [0.25, 0.3) is 10.9 Å². The predicted octanol–water partition coefficient (Wildman–Crippen LogP) is 4.65. The second-order valence-corrected chi connectivity index (χ2v) is 6.44. The molecule has 0 bridgehead atoms. The van der Waals surface area contributed by atoms with E-state index >= 15 is 0 Å². The molecule has 2 aromatic rings. The van der Waals surface area contributed by atoms with Crippen LogP contribution < -0.4 is 0 Å². The van der Waals surface area contributed by atoms with Gasteiger partial charge in [-0.1, -0.05) is 25.5 Å². The van der Waals surface area contributed by atoms with Crippen LogP contribution in [0.2, 0.25) is 0 Å². The normalized spacial score (nSPS) is 12.3. The average Bonchev–Trinajstić information content (AvgIpc) is 2.80. The van der Waals surface area contributed by atoms with E-state index in [2.05, 4.69) is 48.9 Å². The molecular weight excluding hydrogens is 274 g/mol. The molecule has 0 saturated carbocycles. The summed E-state index contributed by atoms with van der Waals surface area (Å²) in [4.78, 5) is 10.7. The summed E-state index contributed by atoms with van der Waals surface area (Å²) >= 11 is 0. The summed E-state index contributed by atoms with van der Waals surface area (Å²) in [6, 6.07) is 8.55. The zero-order valence-electron chi connectivity index (χ0n) is 13.7. The van der Waals surface area contributed by atoms with Crippen LogP contribution in [0, 0.1) is 5.92 Å². The molecular formula is C19H25NO2. The number of allylic oxidation sites excluding steroid dienone is 1. The number of hydrogen-bond acceptors (Lipinski definition) is 1. The van der Waals surface area contributed by atoms with Crippen LogP contribution in [0.4, 0.5) is 0 Å². The zero-order chi connectivity index (χ0) is 16.1. The summed E-state index contributed by atoms with van der Waals surface area (Å²) in [6.07, 6.45) is 6.55. The molecule has 0 fully saturated rings. The van der Waals surface area contributed by atoms with Crippen LogP contribution in [0.3, 0.4) is 0 Å². The predicted molar refractivity (Wildman–Crippen MR) is 91.1 cm³/mol. The SMILES string of the molecule is CC(=CC(=O)O)Cc1ccc2c(ccn2CCCC(C)C)c1. The summed E-state index contributed by atoms with van der Waals surface area (Å²) in [7, 11) is 0. The van der Waals surface area contributed by atoms with E-state index in [0.717, 1.165) is 23.6 Å². The van der Waals surface area contributed by atoms with Crippen molar-refractivity contribution in [3.05, 3.63) is 47.7 Å². The van der Waals surface area contributed by atoms with Crippen LogP contribution in [0.5, 0.6) is 0 Å². The summed E-state index contributed by atoms with van der Waals surface area (Å²) in [5, 5.41) is 10.0. The third-order valence-electron chi connectivity index (χ3n) is 3.87. The highest BCUT2D eigenvalue weighted by molar-refractivity contribution is 5.82. The minimum atomic E-state index is -0.880. The van der Waals surface area contributed by atoms with E-state index in [1.165, 1.54) is 29.8 Å². The molecule has 0 aliphatic heterocycles. The first-order valence-corrected chi connectivity index (χ1v) is 7.93. The maximum absolute atomic E-state index is 10.7. The average molecular weight is 299 g/mol. The van der Waals surface area contributed by atoms with Crippen molar-refractivity contribution in [1.29, 1.82) is 0 Å². The van der Waals surface area contributed by atoms with Gasteiger partial charge in [-0.15, -0.1) is 0 Å². The number of aromatic nitrogens is 1. The van der Waals surface area contributed by atoms with Crippen molar-refractivity contribution < 1.29 is 9.90 Å².